The highest BCUT2D eigenvalue weighted by atomic mass is 32.2. The molecule has 0 bridgehead atoms. The molecule has 0 aliphatic heterocycles. The van der Waals surface area contributed by atoms with E-state index in [2.05, 4.69) is 6.92 Å². The number of hydrogen-bond acceptors (Lipinski definition) is 5. The molecule has 0 saturated carbocycles. The lowest BCUT2D eigenvalue weighted by atomic mass is 10.3. The average Bonchev–Trinajstić information content (AvgIpc) is 2.24. The van der Waals surface area contributed by atoms with Crippen LogP contribution in [0.2, 0.25) is 0 Å². The molecule has 0 fully saturated rings. The molecule has 0 aromatic heterocycles. The van der Waals surface area contributed by atoms with Gasteiger partial charge in [-0.1, -0.05) is 13.3 Å². The Hall–Kier alpha value is -0.300. The van der Waals surface area contributed by atoms with Gasteiger partial charge in [-0.3, -0.25) is 4.79 Å². The van der Waals surface area contributed by atoms with Crippen molar-refractivity contribution in [3.8, 4) is 0 Å². The van der Waals surface area contributed by atoms with Crippen molar-refractivity contribution in [1.29, 1.82) is 0 Å². The number of hydrogen-bond donors (Lipinski definition) is 3. The number of rotatable bonds is 10. The predicted octanol–water partition coefficient (Wildman–Crippen LogP) is 0.309. The van der Waals surface area contributed by atoms with Crippen LogP contribution in [-0.4, -0.2) is 53.0 Å². The molecule has 0 aromatic rings. The summed E-state index contributed by atoms with van der Waals surface area (Å²) in [6.45, 7) is 3.03. The quantitative estimate of drug-likeness (QED) is 0.484. The summed E-state index contributed by atoms with van der Waals surface area (Å²) >= 11 is 1.33. The molecule has 0 aliphatic carbocycles. The Bertz CT molecular complexity index is 192. The molecule has 0 aliphatic rings. The largest absolute Gasteiger partial charge is 0.480 e. The van der Waals surface area contributed by atoms with E-state index in [0.29, 0.717) is 24.7 Å². The minimum atomic E-state index is -1.01. The molecular formula is C10H21NO4S. The second-order valence-electron chi connectivity index (χ2n) is 3.56. The summed E-state index contributed by atoms with van der Waals surface area (Å²) in [6.07, 6.45) is 1.50. The van der Waals surface area contributed by atoms with Gasteiger partial charge in [0.05, 0.1) is 12.7 Å². The number of carboxylic acid groups (broad SMARTS) is 1. The molecule has 0 amide bonds. The maximum absolute atomic E-state index is 10.4. The number of aliphatic hydroxyl groups is 1. The van der Waals surface area contributed by atoms with Gasteiger partial charge in [-0.15, -0.1) is 0 Å². The van der Waals surface area contributed by atoms with Crippen LogP contribution in [0.5, 0.6) is 0 Å². The average molecular weight is 251 g/mol. The number of thioether (sulfide) groups is 1. The van der Waals surface area contributed by atoms with Crippen LogP contribution >= 0.6 is 11.8 Å². The van der Waals surface area contributed by atoms with E-state index < -0.39 is 18.1 Å². The minimum absolute atomic E-state index is 0.301. The van der Waals surface area contributed by atoms with Crippen molar-refractivity contribution in [2.45, 2.75) is 31.9 Å². The fourth-order valence-corrected chi connectivity index (χ4v) is 1.82. The lowest BCUT2D eigenvalue weighted by Gasteiger charge is -2.11. The standard InChI is InChI=1S/C10H21NO4S/c1-2-3-4-15-5-8(12)6-16-7-9(11)10(13)14/h8-9,12H,2-7,11H2,1H3,(H,13,14)/t8?,9-/m0/s1. The second-order valence-corrected chi connectivity index (χ2v) is 4.64. The van der Waals surface area contributed by atoms with Gasteiger partial charge >= 0.3 is 5.97 Å². The zero-order valence-electron chi connectivity index (χ0n) is 9.59. The highest BCUT2D eigenvalue weighted by Gasteiger charge is 2.12. The molecule has 1 unspecified atom stereocenters. The monoisotopic (exact) mass is 251 g/mol. The maximum atomic E-state index is 10.4. The highest BCUT2D eigenvalue weighted by molar-refractivity contribution is 7.99. The van der Waals surface area contributed by atoms with Crippen molar-refractivity contribution in [2.75, 3.05) is 24.7 Å². The fraction of sp³-hybridized carbons (Fsp3) is 0.900. The number of ether oxygens (including phenoxy) is 1. The molecule has 0 heterocycles. The van der Waals surface area contributed by atoms with Crippen molar-refractivity contribution in [2.24, 2.45) is 5.73 Å². The zero-order chi connectivity index (χ0) is 12.4. The Morgan fingerprint density at radius 1 is 1.50 bits per heavy atom. The van der Waals surface area contributed by atoms with Gasteiger partial charge in [0.25, 0.3) is 0 Å². The number of nitrogens with two attached hydrogens (primary N) is 1. The van der Waals surface area contributed by atoms with Crippen molar-refractivity contribution < 1.29 is 19.7 Å². The first-order valence-electron chi connectivity index (χ1n) is 5.39. The van der Waals surface area contributed by atoms with Crippen LogP contribution in [0, 0.1) is 0 Å². The van der Waals surface area contributed by atoms with Crippen LogP contribution in [0.15, 0.2) is 0 Å². The lowest BCUT2D eigenvalue weighted by molar-refractivity contribution is -0.137. The van der Waals surface area contributed by atoms with E-state index >= 15 is 0 Å². The zero-order valence-corrected chi connectivity index (χ0v) is 10.4. The molecule has 4 N–H and O–H groups in total. The van der Waals surface area contributed by atoms with E-state index in [1.54, 1.807) is 0 Å². The van der Waals surface area contributed by atoms with Gasteiger partial charge in [0.1, 0.15) is 6.04 Å². The van der Waals surface area contributed by atoms with Crippen molar-refractivity contribution >= 4 is 17.7 Å². The number of carbonyl (C=O) groups is 1. The second kappa shape index (κ2) is 9.89. The molecule has 0 radical (unpaired) electrons. The molecular weight excluding hydrogens is 230 g/mol. The van der Waals surface area contributed by atoms with Gasteiger partial charge in [0, 0.05) is 18.1 Å². The summed E-state index contributed by atoms with van der Waals surface area (Å²) in [5, 5.41) is 18.0. The summed E-state index contributed by atoms with van der Waals surface area (Å²) in [7, 11) is 0. The van der Waals surface area contributed by atoms with Crippen LogP contribution in [0.25, 0.3) is 0 Å². The summed E-state index contributed by atoms with van der Waals surface area (Å²) in [6, 6.07) is -0.863. The molecule has 96 valence electrons. The SMILES string of the molecule is CCCCOCC(O)CSC[C@H](N)C(=O)O. The topological polar surface area (TPSA) is 92.8 Å². The summed E-state index contributed by atoms with van der Waals surface area (Å²) in [5.41, 5.74) is 5.31. The molecule has 0 rings (SSSR count). The smallest absolute Gasteiger partial charge is 0.321 e. The third kappa shape index (κ3) is 8.96. The lowest BCUT2D eigenvalue weighted by Crippen LogP contribution is -2.33. The van der Waals surface area contributed by atoms with Crippen molar-refractivity contribution in [3.05, 3.63) is 0 Å². The normalized spacial score (nSPS) is 14.7. The predicted molar refractivity (Wildman–Crippen MR) is 64.7 cm³/mol. The Labute approximate surface area is 100 Å². The number of aliphatic hydroxyl groups excluding tert-OH is 1. The molecule has 6 heteroatoms. The Kier molecular flexibility index (Phi) is 9.71. The van der Waals surface area contributed by atoms with Gasteiger partial charge in [-0.25, -0.2) is 0 Å². The van der Waals surface area contributed by atoms with E-state index in [-0.39, 0.29) is 0 Å². The first kappa shape index (κ1) is 15.7. The summed E-state index contributed by atoms with van der Waals surface area (Å²) in [4.78, 5) is 10.4. The van der Waals surface area contributed by atoms with Gasteiger partial charge < -0.3 is 20.7 Å². The molecule has 16 heavy (non-hydrogen) atoms. The van der Waals surface area contributed by atoms with Crippen molar-refractivity contribution in [1.82, 2.24) is 0 Å². The number of aliphatic carboxylic acids is 1. The Morgan fingerprint density at radius 3 is 2.75 bits per heavy atom. The molecule has 0 spiro atoms. The highest BCUT2D eigenvalue weighted by Crippen LogP contribution is 2.05. The Morgan fingerprint density at radius 2 is 2.19 bits per heavy atom. The van der Waals surface area contributed by atoms with Crippen LogP contribution in [0.4, 0.5) is 0 Å². The molecule has 0 aromatic carbocycles. The molecule has 0 saturated heterocycles. The fourth-order valence-electron chi connectivity index (χ4n) is 0.916. The van der Waals surface area contributed by atoms with Gasteiger partial charge in [-0.05, 0) is 6.42 Å². The molecule has 5 nitrogen and oxygen atoms in total. The first-order chi connectivity index (χ1) is 7.57. The van der Waals surface area contributed by atoms with Crippen LogP contribution in [-0.2, 0) is 9.53 Å². The first-order valence-corrected chi connectivity index (χ1v) is 6.55. The number of unbranched alkanes of at least 4 members (excludes halogenated alkanes) is 1. The summed E-state index contributed by atoms with van der Waals surface area (Å²) < 4.78 is 5.23. The van der Waals surface area contributed by atoms with E-state index in [4.69, 9.17) is 15.6 Å². The third-order valence-electron chi connectivity index (χ3n) is 1.88. The van der Waals surface area contributed by atoms with Crippen LogP contribution in [0.3, 0.4) is 0 Å². The molecule has 2 atom stereocenters. The van der Waals surface area contributed by atoms with Crippen molar-refractivity contribution in [3.63, 3.8) is 0 Å². The summed E-state index contributed by atoms with van der Waals surface area (Å²) in [5.74, 6) is -0.254. The van der Waals surface area contributed by atoms with Crippen LogP contribution in [0.1, 0.15) is 19.8 Å². The van der Waals surface area contributed by atoms with E-state index in [9.17, 15) is 9.90 Å². The van der Waals surface area contributed by atoms with Gasteiger partial charge in [0.15, 0.2) is 0 Å². The Balaban J connectivity index is 3.36. The third-order valence-corrected chi connectivity index (χ3v) is 3.09. The van der Waals surface area contributed by atoms with E-state index in [1.165, 1.54) is 11.8 Å². The van der Waals surface area contributed by atoms with Crippen LogP contribution < -0.4 is 5.73 Å². The van der Waals surface area contributed by atoms with Gasteiger partial charge in [-0.2, -0.15) is 11.8 Å². The van der Waals surface area contributed by atoms with Gasteiger partial charge in [0.2, 0.25) is 0 Å². The van der Waals surface area contributed by atoms with E-state index in [0.717, 1.165) is 12.8 Å². The van der Waals surface area contributed by atoms with E-state index in [1.807, 2.05) is 0 Å². The number of carboxylic acids is 1. The maximum Gasteiger partial charge on any atom is 0.321 e. The minimum Gasteiger partial charge on any atom is -0.480 e.